The lowest BCUT2D eigenvalue weighted by atomic mass is 10.1. The predicted octanol–water partition coefficient (Wildman–Crippen LogP) is 0.756. The zero-order chi connectivity index (χ0) is 16.3. The van der Waals surface area contributed by atoms with Crippen molar-refractivity contribution in [2.75, 3.05) is 26.9 Å². The van der Waals surface area contributed by atoms with Crippen molar-refractivity contribution in [2.24, 2.45) is 5.41 Å². The number of carbonyl (C=O) groups is 2. The molecule has 7 heteroatoms. The van der Waals surface area contributed by atoms with Gasteiger partial charge < -0.3 is 24.3 Å². The highest BCUT2D eigenvalue weighted by Gasteiger charge is 2.51. The van der Waals surface area contributed by atoms with Crippen molar-refractivity contribution < 1.29 is 28.5 Å². The maximum absolute atomic E-state index is 12.0. The van der Waals surface area contributed by atoms with Gasteiger partial charge in [0.1, 0.15) is 6.10 Å². The van der Waals surface area contributed by atoms with Crippen LogP contribution >= 0.6 is 0 Å². The average molecular weight is 327 g/mol. The van der Waals surface area contributed by atoms with Crippen LogP contribution in [0.15, 0.2) is 0 Å². The van der Waals surface area contributed by atoms with Crippen LogP contribution in [0, 0.1) is 5.41 Å². The first-order valence-corrected chi connectivity index (χ1v) is 8.37. The van der Waals surface area contributed by atoms with Crippen molar-refractivity contribution in [3.05, 3.63) is 0 Å². The second kappa shape index (κ2) is 7.15. The van der Waals surface area contributed by atoms with Crippen LogP contribution in [0.3, 0.4) is 0 Å². The minimum absolute atomic E-state index is 0.0142. The highest BCUT2D eigenvalue weighted by atomic mass is 16.7. The summed E-state index contributed by atoms with van der Waals surface area (Å²) in [4.78, 5) is 23.6. The first-order chi connectivity index (χ1) is 11.1. The normalized spacial score (nSPS) is 29.4. The number of ether oxygens (including phenoxy) is 4. The molecule has 130 valence electrons. The van der Waals surface area contributed by atoms with Crippen LogP contribution in [0.5, 0.6) is 0 Å². The van der Waals surface area contributed by atoms with E-state index in [-0.39, 0.29) is 30.4 Å². The van der Waals surface area contributed by atoms with E-state index in [9.17, 15) is 9.59 Å². The van der Waals surface area contributed by atoms with E-state index < -0.39 is 5.41 Å². The number of hydrogen-bond acceptors (Lipinski definition) is 6. The molecule has 2 unspecified atom stereocenters. The number of methoxy groups -OCH3 is 1. The number of amides is 1. The van der Waals surface area contributed by atoms with E-state index in [1.807, 2.05) is 0 Å². The lowest BCUT2D eigenvalue weighted by Gasteiger charge is -2.18. The molecule has 0 aromatic heterocycles. The van der Waals surface area contributed by atoms with Gasteiger partial charge in [-0.2, -0.15) is 0 Å². The molecule has 2 saturated heterocycles. The number of carbonyl (C=O) groups excluding carboxylic acids is 2. The lowest BCUT2D eigenvalue weighted by Crippen LogP contribution is -2.35. The molecule has 2 aliphatic heterocycles. The monoisotopic (exact) mass is 327 g/mol. The molecule has 3 fully saturated rings. The van der Waals surface area contributed by atoms with Crippen molar-refractivity contribution in [2.45, 2.75) is 57.0 Å². The largest absolute Gasteiger partial charge is 0.469 e. The van der Waals surface area contributed by atoms with E-state index >= 15 is 0 Å². The third kappa shape index (κ3) is 4.02. The molecule has 1 aliphatic carbocycles. The molecule has 2 heterocycles. The Labute approximate surface area is 136 Å². The van der Waals surface area contributed by atoms with Crippen molar-refractivity contribution in [1.82, 2.24) is 5.32 Å². The summed E-state index contributed by atoms with van der Waals surface area (Å²) in [5.74, 6) is -0.267. The molecule has 0 radical (unpaired) electrons. The van der Waals surface area contributed by atoms with Crippen molar-refractivity contribution in [3.8, 4) is 0 Å². The summed E-state index contributed by atoms with van der Waals surface area (Å²) in [6.45, 7) is 1.62. The molecule has 7 nitrogen and oxygen atoms in total. The van der Waals surface area contributed by atoms with Gasteiger partial charge in [-0.25, -0.2) is 0 Å². The van der Waals surface area contributed by atoms with E-state index in [4.69, 9.17) is 18.9 Å². The number of esters is 1. The van der Waals surface area contributed by atoms with E-state index in [1.54, 1.807) is 0 Å². The Kier molecular flexibility index (Phi) is 5.18. The van der Waals surface area contributed by atoms with Crippen molar-refractivity contribution in [1.29, 1.82) is 0 Å². The maximum Gasteiger partial charge on any atom is 0.313 e. The van der Waals surface area contributed by atoms with Gasteiger partial charge in [-0.1, -0.05) is 0 Å². The van der Waals surface area contributed by atoms with Crippen LogP contribution in [-0.4, -0.2) is 57.2 Å². The quantitative estimate of drug-likeness (QED) is 0.695. The van der Waals surface area contributed by atoms with Crippen LogP contribution in [-0.2, 0) is 28.5 Å². The molecule has 0 bridgehead atoms. The summed E-state index contributed by atoms with van der Waals surface area (Å²) in [5, 5.41) is 2.85. The molecule has 2 atom stereocenters. The van der Waals surface area contributed by atoms with Crippen molar-refractivity contribution in [3.63, 3.8) is 0 Å². The van der Waals surface area contributed by atoms with Crippen LogP contribution in [0.4, 0.5) is 0 Å². The van der Waals surface area contributed by atoms with Gasteiger partial charge in [0.25, 0.3) is 0 Å². The highest BCUT2D eigenvalue weighted by Crippen LogP contribution is 2.46. The Morgan fingerprint density at radius 3 is 2.61 bits per heavy atom. The fraction of sp³-hybridized carbons (Fsp3) is 0.875. The first-order valence-electron chi connectivity index (χ1n) is 8.37. The highest BCUT2D eigenvalue weighted by molar-refractivity contribution is 5.82. The minimum atomic E-state index is -0.476. The molecular formula is C16H25NO6. The Balaban J connectivity index is 1.33. The SMILES string of the molecule is COC(=O)C1(CNC(=O)CCC2CCC(C3OCCO3)O2)CC1. The van der Waals surface area contributed by atoms with Crippen LogP contribution in [0.1, 0.15) is 38.5 Å². The number of hydrogen-bond donors (Lipinski definition) is 1. The van der Waals surface area contributed by atoms with E-state index in [0.29, 0.717) is 32.6 Å². The summed E-state index contributed by atoms with van der Waals surface area (Å²) >= 11 is 0. The predicted molar refractivity (Wildman–Crippen MR) is 79.5 cm³/mol. The maximum atomic E-state index is 12.0. The Bertz CT molecular complexity index is 444. The molecule has 1 saturated carbocycles. The summed E-state index contributed by atoms with van der Waals surface area (Å²) in [5.41, 5.74) is -0.476. The second-order valence-electron chi connectivity index (χ2n) is 6.57. The summed E-state index contributed by atoms with van der Waals surface area (Å²) in [6.07, 6.45) is 4.30. The summed E-state index contributed by atoms with van der Waals surface area (Å²) in [7, 11) is 1.38. The van der Waals surface area contributed by atoms with E-state index in [0.717, 1.165) is 25.7 Å². The molecule has 1 amide bonds. The fourth-order valence-corrected chi connectivity index (χ4v) is 3.21. The van der Waals surface area contributed by atoms with Gasteiger partial charge in [0.15, 0.2) is 6.29 Å². The molecule has 0 aromatic rings. The van der Waals surface area contributed by atoms with Gasteiger partial charge in [-0.15, -0.1) is 0 Å². The molecule has 0 aromatic carbocycles. The molecular weight excluding hydrogens is 302 g/mol. The number of nitrogens with one attached hydrogen (secondary N) is 1. The standard InChI is InChI=1S/C16H25NO6/c1-20-15(19)16(6-7-16)10-17-13(18)5-3-11-2-4-12(23-11)14-21-8-9-22-14/h11-12,14H,2-10H2,1H3,(H,17,18). The fourth-order valence-electron chi connectivity index (χ4n) is 3.21. The lowest BCUT2D eigenvalue weighted by molar-refractivity contribution is -0.147. The summed E-state index contributed by atoms with van der Waals surface area (Å²) < 4.78 is 21.6. The van der Waals surface area contributed by atoms with Crippen LogP contribution in [0.25, 0.3) is 0 Å². The minimum Gasteiger partial charge on any atom is -0.469 e. The Morgan fingerprint density at radius 2 is 1.96 bits per heavy atom. The molecule has 0 spiro atoms. The Morgan fingerprint density at radius 1 is 1.22 bits per heavy atom. The topological polar surface area (TPSA) is 83.1 Å². The molecule has 3 aliphatic rings. The third-order valence-corrected chi connectivity index (χ3v) is 4.88. The molecule has 23 heavy (non-hydrogen) atoms. The summed E-state index contributed by atoms with van der Waals surface area (Å²) in [6, 6.07) is 0. The van der Waals surface area contributed by atoms with Gasteiger partial charge in [-0.05, 0) is 32.1 Å². The second-order valence-corrected chi connectivity index (χ2v) is 6.57. The number of rotatable bonds is 7. The zero-order valence-electron chi connectivity index (χ0n) is 13.5. The van der Waals surface area contributed by atoms with Gasteiger partial charge in [-0.3, -0.25) is 9.59 Å². The zero-order valence-corrected chi connectivity index (χ0v) is 13.5. The van der Waals surface area contributed by atoms with E-state index in [1.165, 1.54) is 7.11 Å². The van der Waals surface area contributed by atoms with Gasteiger partial charge in [0.05, 0.1) is 31.8 Å². The van der Waals surface area contributed by atoms with Crippen molar-refractivity contribution >= 4 is 11.9 Å². The molecule has 3 rings (SSSR count). The first kappa shape index (κ1) is 16.7. The average Bonchev–Trinajstić information content (AvgIpc) is 2.98. The molecule has 1 N–H and O–H groups in total. The third-order valence-electron chi connectivity index (χ3n) is 4.88. The van der Waals surface area contributed by atoms with Gasteiger partial charge in [0.2, 0.25) is 5.91 Å². The van der Waals surface area contributed by atoms with Gasteiger partial charge in [0, 0.05) is 13.0 Å². The van der Waals surface area contributed by atoms with Crippen LogP contribution in [0.2, 0.25) is 0 Å². The van der Waals surface area contributed by atoms with E-state index in [2.05, 4.69) is 5.32 Å². The Hall–Kier alpha value is -1.18. The smallest absolute Gasteiger partial charge is 0.313 e. The van der Waals surface area contributed by atoms with Gasteiger partial charge >= 0.3 is 5.97 Å². The van der Waals surface area contributed by atoms with Crippen LogP contribution < -0.4 is 5.32 Å².